The first-order valence-electron chi connectivity index (χ1n) is 4.81. The van der Waals surface area contributed by atoms with Crippen molar-refractivity contribution in [1.29, 1.82) is 5.41 Å². The highest BCUT2D eigenvalue weighted by atomic mass is 19.1. The summed E-state index contributed by atoms with van der Waals surface area (Å²) in [7, 11) is 1.12. The number of allylic oxidation sites excluding steroid dienone is 1. The third-order valence-electron chi connectivity index (χ3n) is 2.14. The molecular formula is C12H12FNO3. The predicted octanol–water partition coefficient (Wildman–Crippen LogP) is 2.20. The molecular weight excluding hydrogens is 225 g/mol. The van der Waals surface area contributed by atoms with E-state index in [1.165, 1.54) is 31.2 Å². The number of rotatable bonds is 3. The lowest BCUT2D eigenvalue weighted by Gasteiger charge is -2.09. The second-order valence-corrected chi connectivity index (χ2v) is 3.31. The Morgan fingerprint density at radius 2 is 2.00 bits per heavy atom. The average Bonchev–Trinajstić information content (AvgIpc) is 2.28. The summed E-state index contributed by atoms with van der Waals surface area (Å²) in [6.45, 7) is 1.24. The molecule has 0 aromatic heterocycles. The summed E-state index contributed by atoms with van der Waals surface area (Å²) in [5.41, 5.74) is -0.825. The van der Waals surface area contributed by atoms with Crippen LogP contribution in [0.4, 0.5) is 4.39 Å². The van der Waals surface area contributed by atoms with E-state index >= 15 is 0 Å². The molecule has 1 aromatic rings. The van der Waals surface area contributed by atoms with Crippen LogP contribution < -0.4 is 0 Å². The number of hydrogen-bond acceptors (Lipinski definition) is 4. The minimum absolute atomic E-state index is 0.0682. The Labute approximate surface area is 97.9 Å². The van der Waals surface area contributed by atoms with Gasteiger partial charge in [0.2, 0.25) is 0 Å². The van der Waals surface area contributed by atoms with Crippen LogP contribution in [0, 0.1) is 11.2 Å². The largest absolute Gasteiger partial charge is 0.512 e. The zero-order valence-electron chi connectivity index (χ0n) is 9.45. The first-order chi connectivity index (χ1) is 7.99. The molecule has 1 rings (SSSR count). The first kappa shape index (κ1) is 12.9. The zero-order valence-corrected chi connectivity index (χ0v) is 9.45. The molecule has 0 saturated heterocycles. The molecule has 90 valence electrons. The van der Waals surface area contributed by atoms with Crippen molar-refractivity contribution in [2.45, 2.75) is 6.92 Å². The Morgan fingerprint density at radius 3 is 2.47 bits per heavy atom. The van der Waals surface area contributed by atoms with E-state index < -0.39 is 17.5 Å². The van der Waals surface area contributed by atoms with E-state index in [-0.39, 0.29) is 16.9 Å². The van der Waals surface area contributed by atoms with Crippen LogP contribution in [0.25, 0.3) is 0 Å². The van der Waals surface area contributed by atoms with Crippen molar-refractivity contribution in [3.05, 3.63) is 47.0 Å². The molecule has 0 spiro atoms. The first-order valence-corrected chi connectivity index (χ1v) is 4.81. The molecule has 4 nitrogen and oxygen atoms in total. The third-order valence-corrected chi connectivity index (χ3v) is 2.14. The number of hydrogen-bond donors (Lipinski definition) is 2. The molecule has 0 heterocycles. The van der Waals surface area contributed by atoms with Gasteiger partial charge < -0.3 is 9.84 Å². The normalized spacial score (nSPS) is 11.7. The van der Waals surface area contributed by atoms with E-state index in [0.29, 0.717) is 0 Å². The van der Waals surface area contributed by atoms with Gasteiger partial charge in [0.25, 0.3) is 0 Å². The molecule has 1 aromatic carbocycles. The predicted molar refractivity (Wildman–Crippen MR) is 60.6 cm³/mol. The van der Waals surface area contributed by atoms with E-state index in [1.54, 1.807) is 0 Å². The average molecular weight is 237 g/mol. The van der Waals surface area contributed by atoms with E-state index in [2.05, 4.69) is 4.74 Å². The number of aliphatic hydroxyl groups excluding tert-OH is 1. The standard InChI is InChI=1S/C12H12FNO3/c1-7(15)10(12(16)17-2)11(14)8-5-3-4-6-9(8)13/h3-6,14-15H,1-2H3/b10-7+,14-11?. The number of esters is 1. The highest BCUT2D eigenvalue weighted by molar-refractivity contribution is 6.25. The Balaban J connectivity index is 3.25. The van der Waals surface area contributed by atoms with Crippen molar-refractivity contribution in [2.75, 3.05) is 7.11 Å². The maximum absolute atomic E-state index is 13.4. The number of benzene rings is 1. The molecule has 5 heteroatoms. The molecule has 0 saturated carbocycles. The minimum Gasteiger partial charge on any atom is -0.512 e. The minimum atomic E-state index is -0.877. The van der Waals surface area contributed by atoms with E-state index in [4.69, 9.17) is 5.41 Å². The van der Waals surface area contributed by atoms with Gasteiger partial charge in [-0.2, -0.15) is 0 Å². The molecule has 0 amide bonds. The van der Waals surface area contributed by atoms with Crippen molar-refractivity contribution in [3.8, 4) is 0 Å². The zero-order chi connectivity index (χ0) is 13.0. The summed E-state index contributed by atoms with van der Waals surface area (Å²) >= 11 is 0. The summed E-state index contributed by atoms with van der Waals surface area (Å²) in [6.07, 6.45) is 0. The molecule has 0 unspecified atom stereocenters. The smallest absolute Gasteiger partial charge is 0.343 e. The fourth-order valence-corrected chi connectivity index (χ4v) is 1.33. The lowest BCUT2D eigenvalue weighted by Crippen LogP contribution is -2.17. The quantitative estimate of drug-likeness (QED) is 0.366. The molecule has 0 aliphatic heterocycles. The summed E-state index contributed by atoms with van der Waals surface area (Å²) in [5, 5.41) is 17.1. The number of ether oxygens (including phenoxy) is 1. The monoisotopic (exact) mass is 237 g/mol. The summed E-state index contributed by atoms with van der Waals surface area (Å²) < 4.78 is 17.9. The fraction of sp³-hybridized carbons (Fsp3) is 0.167. The van der Waals surface area contributed by atoms with Crippen LogP contribution in [0.2, 0.25) is 0 Å². The van der Waals surface area contributed by atoms with Gasteiger partial charge in [-0.15, -0.1) is 0 Å². The molecule has 0 atom stereocenters. The van der Waals surface area contributed by atoms with Crippen molar-refractivity contribution >= 4 is 11.7 Å². The number of halogens is 1. The topological polar surface area (TPSA) is 70.4 Å². The number of nitrogens with one attached hydrogen (secondary N) is 1. The van der Waals surface area contributed by atoms with Gasteiger partial charge >= 0.3 is 5.97 Å². The van der Waals surface area contributed by atoms with Crippen LogP contribution in [0.15, 0.2) is 35.6 Å². The van der Waals surface area contributed by atoms with Gasteiger partial charge in [0.1, 0.15) is 17.1 Å². The van der Waals surface area contributed by atoms with Crippen molar-refractivity contribution in [1.82, 2.24) is 0 Å². The van der Waals surface area contributed by atoms with Crippen LogP contribution >= 0.6 is 0 Å². The SMILES string of the molecule is COC(=O)/C(C(=N)c1ccccc1F)=C(\C)O. The molecule has 0 radical (unpaired) electrons. The van der Waals surface area contributed by atoms with Gasteiger partial charge in [0, 0.05) is 5.56 Å². The molecule has 17 heavy (non-hydrogen) atoms. The second kappa shape index (κ2) is 5.25. The summed E-state index contributed by atoms with van der Waals surface area (Å²) in [6, 6.07) is 5.53. The lowest BCUT2D eigenvalue weighted by molar-refractivity contribution is -0.135. The Morgan fingerprint density at radius 1 is 1.41 bits per heavy atom. The molecule has 0 aliphatic carbocycles. The molecule has 0 bridgehead atoms. The van der Waals surface area contributed by atoms with Gasteiger partial charge in [0.15, 0.2) is 0 Å². The molecule has 0 aliphatic rings. The number of carbonyl (C=O) groups is 1. The van der Waals surface area contributed by atoms with Crippen molar-refractivity contribution < 1.29 is 19.0 Å². The summed E-state index contributed by atoms with van der Waals surface area (Å²) in [4.78, 5) is 11.4. The van der Waals surface area contributed by atoms with Crippen LogP contribution in [0.5, 0.6) is 0 Å². The highest BCUT2D eigenvalue weighted by Gasteiger charge is 2.22. The van der Waals surface area contributed by atoms with Gasteiger partial charge in [-0.05, 0) is 19.1 Å². The Hall–Kier alpha value is -2.17. The van der Waals surface area contributed by atoms with Crippen LogP contribution in [0.3, 0.4) is 0 Å². The fourth-order valence-electron chi connectivity index (χ4n) is 1.33. The van der Waals surface area contributed by atoms with Crippen molar-refractivity contribution in [2.24, 2.45) is 0 Å². The van der Waals surface area contributed by atoms with Gasteiger partial charge in [-0.1, -0.05) is 12.1 Å². The van der Waals surface area contributed by atoms with E-state index in [9.17, 15) is 14.3 Å². The van der Waals surface area contributed by atoms with Crippen LogP contribution in [0.1, 0.15) is 12.5 Å². The maximum atomic E-state index is 13.4. The second-order valence-electron chi connectivity index (χ2n) is 3.31. The molecule has 0 fully saturated rings. The number of carbonyl (C=O) groups excluding carboxylic acids is 1. The maximum Gasteiger partial charge on any atom is 0.343 e. The summed E-state index contributed by atoms with van der Waals surface area (Å²) in [5.74, 6) is -1.90. The van der Waals surface area contributed by atoms with Crippen LogP contribution in [-0.4, -0.2) is 23.9 Å². The lowest BCUT2D eigenvalue weighted by atomic mass is 10.0. The van der Waals surface area contributed by atoms with E-state index in [0.717, 1.165) is 7.11 Å². The number of methoxy groups -OCH3 is 1. The van der Waals surface area contributed by atoms with Gasteiger partial charge in [0.05, 0.1) is 12.8 Å². The highest BCUT2D eigenvalue weighted by Crippen LogP contribution is 2.15. The van der Waals surface area contributed by atoms with Crippen molar-refractivity contribution in [3.63, 3.8) is 0 Å². The van der Waals surface area contributed by atoms with Crippen LogP contribution in [-0.2, 0) is 9.53 Å². The Kier molecular flexibility index (Phi) is 3.98. The Bertz CT molecular complexity index is 490. The number of aliphatic hydroxyl groups is 1. The molecule has 2 N–H and O–H groups in total. The third kappa shape index (κ3) is 2.69. The van der Waals surface area contributed by atoms with Gasteiger partial charge in [-0.25, -0.2) is 9.18 Å². The van der Waals surface area contributed by atoms with Gasteiger partial charge in [-0.3, -0.25) is 5.41 Å². The van der Waals surface area contributed by atoms with E-state index in [1.807, 2.05) is 0 Å².